The molecule has 0 saturated heterocycles. The molecule has 1 amide bonds. The molecular formula is C21H21N7O2. The van der Waals surface area contributed by atoms with E-state index in [9.17, 15) is 4.79 Å². The summed E-state index contributed by atoms with van der Waals surface area (Å²) >= 11 is 0. The summed E-state index contributed by atoms with van der Waals surface area (Å²) in [5, 5.41) is 15.4. The van der Waals surface area contributed by atoms with Crippen LogP contribution in [0.4, 0.5) is 5.69 Å². The van der Waals surface area contributed by atoms with Gasteiger partial charge in [0.2, 0.25) is 5.88 Å². The molecule has 0 aliphatic rings. The van der Waals surface area contributed by atoms with Gasteiger partial charge in [0.25, 0.3) is 5.91 Å². The summed E-state index contributed by atoms with van der Waals surface area (Å²) in [6.07, 6.45) is 3.53. The molecule has 4 rings (SSSR count). The zero-order valence-electron chi connectivity index (χ0n) is 17.1. The van der Waals surface area contributed by atoms with Gasteiger partial charge in [0.15, 0.2) is 5.82 Å². The lowest BCUT2D eigenvalue weighted by molar-refractivity contribution is 0.102. The number of rotatable bonds is 5. The largest absolute Gasteiger partial charge is 0.438 e. The minimum absolute atomic E-state index is 0.192. The van der Waals surface area contributed by atoms with Crippen LogP contribution in [0.15, 0.2) is 48.8 Å². The van der Waals surface area contributed by atoms with Gasteiger partial charge in [0.05, 0.1) is 11.3 Å². The number of hydrogen-bond acceptors (Lipinski definition) is 6. The molecule has 0 bridgehead atoms. The molecule has 0 atom stereocenters. The number of imidazole rings is 1. The van der Waals surface area contributed by atoms with E-state index in [1.165, 1.54) is 0 Å². The quantitative estimate of drug-likeness (QED) is 0.548. The Morgan fingerprint density at radius 2 is 1.80 bits per heavy atom. The van der Waals surface area contributed by atoms with Crippen molar-refractivity contribution in [3.05, 3.63) is 71.6 Å². The Labute approximate surface area is 173 Å². The molecule has 152 valence electrons. The van der Waals surface area contributed by atoms with Crippen LogP contribution in [0, 0.1) is 20.8 Å². The molecule has 0 aliphatic carbocycles. The highest BCUT2D eigenvalue weighted by atomic mass is 16.5. The van der Waals surface area contributed by atoms with Crippen molar-refractivity contribution in [3.63, 3.8) is 0 Å². The second-order valence-electron chi connectivity index (χ2n) is 6.82. The summed E-state index contributed by atoms with van der Waals surface area (Å²) in [6, 6.07) is 10.6. The third-order valence-electron chi connectivity index (χ3n) is 4.77. The highest BCUT2D eigenvalue weighted by Gasteiger charge is 2.17. The SMILES string of the molecule is Cc1nn(C)c(C)c1C(=O)Nc1ccc(Oc2ccc(-n3ccnc3C)nn2)cc1. The monoisotopic (exact) mass is 403 g/mol. The van der Waals surface area contributed by atoms with Crippen molar-refractivity contribution in [3.8, 4) is 17.4 Å². The van der Waals surface area contributed by atoms with Crippen molar-refractivity contribution in [1.82, 2.24) is 29.5 Å². The number of aryl methyl sites for hydroxylation is 3. The summed E-state index contributed by atoms with van der Waals surface area (Å²) in [5.74, 6) is 2.25. The number of carbonyl (C=O) groups excluding carboxylic acids is 1. The van der Waals surface area contributed by atoms with Crippen LogP contribution >= 0.6 is 0 Å². The molecule has 0 radical (unpaired) electrons. The normalized spacial score (nSPS) is 10.8. The number of aromatic nitrogens is 6. The van der Waals surface area contributed by atoms with Crippen LogP contribution in [0.1, 0.15) is 27.6 Å². The fourth-order valence-electron chi connectivity index (χ4n) is 3.14. The Bertz CT molecular complexity index is 1190. The minimum Gasteiger partial charge on any atom is -0.438 e. The van der Waals surface area contributed by atoms with Gasteiger partial charge in [0.1, 0.15) is 11.6 Å². The maximum atomic E-state index is 12.6. The molecular weight excluding hydrogens is 382 g/mol. The maximum Gasteiger partial charge on any atom is 0.259 e. The maximum absolute atomic E-state index is 12.6. The first kappa shape index (κ1) is 19.3. The van der Waals surface area contributed by atoms with Gasteiger partial charge < -0.3 is 10.1 Å². The number of nitrogens with zero attached hydrogens (tertiary/aromatic N) is 6. The van der Waals surface area contributed by atoms with Gasteiger partial charge in [-0.3, -0.25) is 14.0 Å². The van der Waals surface area contributed by atoms with Crippen LogP contribution in [-0.2, 0) is 7.05 Å². The summed E-state index contributed by atoms with van der Waals surface area (Å²) in [7, 11) is 1.82. The van der Waals surface area contributed by atoms with Crippen LogP contribution in [0.25, 0.3) is 5.82 Å². The van der Waals surface area contributed by atoms with Crippen molar-refractivity contribution in [1.29, 1.82) is 0 Å². The molecule has 0 fully saturated rings. The number of hydrogen-bond donors (Lipinski definition) is 1. The smallest absolute Gasteiger partial charge is 0.259 e. The van der Waals surface area contributed by atoms with Crippen molar-refractivity contribution in [2.24, 2.45) is 7.05 Å². The van der Waals surface area contributed by atoms with Gasteiger partial charge in [-0.1, -0.05) is 0 Å². The van der Waals surface area contributed by atoms with E-state index in [1.807, 2.05) is 44.6 Å². The van der Waals surface area contributed by atoms with E-state index in [2.05, 4.69) is 25.6 Å². The van der Waals surface area contributed by atoms with E-state index in [-0.39, 0.29) is 5.91 Å². The Morgan fingerprint density at radius 3 is 2.37 bits per heavy atom. The second kappa shape index (κ2) is 7.78. The molecule has 1 aromatic carbocycles. The molecule has 0 aliphatic heterocycles. The predicted molar refractivity (Wildman–Crippen MR) is 111 cm³/mol. The van der Waals surface area contributed by atoms with Crippen molar-refractivity contribution in [2.75, 3.05) is 5.32 Å². The van der Waals surface area contributed by atoms with Gasteiger partial charge in [-0.15, -0.1) is 10.2 Å². The van der Waals surface area contributed by atoms with Gasteiger partial charge in [-0.05, 0) is 51.1 Å². The van der Waals surface area contributed by atoms with Crippen LogP contribution < -0.4 is 10.1 Å². The van der Waals surface area contributed by atoms with E-state index < -0.39 is 0 Å². The average Bonchev–Trinajstić information content (AvgIpc) is 3.26. The molecule has 30 heavy (non-hydrogen) atoms. The molecule has 0 saturated carbocycles. The summed E-state index contributed by atoms with van der Waals surface area (Å²) in [5.41, 5.74) is 2.76. The zero-order valence-corrected chi connectivity index (χ0v) is 17.1. The van der Waals surface area contributed by atoms with Crippen molar-refractivity contribution >= 4 is 11.6 Å². The van der Waals surface area contributed by atoms with Gasteiger partial charge in [-0.25, -0.2) is 4.98 Å². The third kappa shape index (κ3) is 3.77. The Kier molecular flexibility index (Phi) is 5.01. The molecule has 9 heteroatoms. The van der Waals surface area contributed by atoms with Gasteiger partial charge in [0, 0.05) is 36.9 Å². The molecule has 3 heterocycles. The first-order chi connectivity index (χ1) is 14.4. The van der Waals surface area contributed by atoms with Crippen LogP contribution in [0.3, 0.4) is 0 Å². The molecule has 0 spiro atoms. The topological polar surface area (TPSA) is 99.8 Å². The van der Waals surface area contributed by atoms with Crippen molar-refractivity contribution in [2.45, 2.75) is 20.8 Å². The van der Waals surface area contributed by atoms with Crippen LogP contribution in [0.2, 0.25) is 0 Å². The molecule has 0 unspecified atom stereocenters. The lowest BCUT2D eigenvalue weighted by Crippen LogP contribution is -2.14. The number of carbonyl (C=O) groups is 1. The number of amides is 1. The van der Waals surface area contributed by atoms with E-state index >= 15 is 0 Å². The summed E-state index contributed by atoms with van der Waals surface area (Å²) in [6.45, 7) is 5.58. The van der Waals surface area contributed by atoms with E-state index in [1.54, 1.807) is 41.2 Å². The molecule has 1 N–H and O–H groups in total. The first-order valence-electron chi connectivity index (χ1n) is 9.36. The molecule has 9 nitrogen and oxygen atoms in total. The first-order valence-corrected chi connectivity index (χ1v) is 9.36. The average molecular weight is 403 g/mol. The fourth-order valence-corrected chi connectivity index (χ4v) is 3.14. The third-order valence-corrected chi connectivity index (χ3v) is 4.77. The minimum atomic E-state index is -0.192. The Morgan fingerprint density at radius 1 is 1.03 bits per heavy atom. The van der Waals surface area contributed by atoms with Crippen molar-refractivity contribution < 1.29 is 9.53 Å². The highest BCUT2D eigenvalue weighted by molar-refractivity contribution is 6.05. The summed E-state index contributed by atoms with van der Waals surface area (Å²) in [4.78, 5) is 16.7. The number of anilines is 1. The summed E-state index contributed by atoms with van der Waals surface area (Å²) < 4.78 is 9.27. The Hall–Kier alpha value is -4.01. The molecule has 3 aromatic heterocycles. The molecule has 4 aromatic rings. The van der Waals surface area contributed by atoms with Gasteiger partial charge >= 0.3 is 0 Å². The van der Waals surface area contributed by atoms with Gasteiger partial charge in [-0.2, -0.15) is 5.10 Å². The highest BCUT2D eigenvalue weighted by Crippen LogP contribution is 2.22. The fraction of sp³-hybridized carbons (Fsp3) is 0.190. The second-order valence-corrected chi connectivity index (χ2v) is 6.82. The number of nitrogens with one attached hydrogen (secondary N) is 1. The number of ether oxygens (including phenoxy) is 1. The predicted octanol–water partition coefficient (Wildman–Crippen LogP) is 3.37. The lowest BCUT2D eigenvalue weighted by Gasteiger charge is -2.08. The number of benzene rings is 1. The standard InChI is InChI=1S/C21H21N7O2/c1-13-20(14(2)27(4)26-13)21(29)23-16-5-7-17(8-6-16)30-19-10-9-18(24-25-19)28-12-11-22-15(28)3/h5-12H,1-4H3,(H,23,29). The lowest BCUT2D eigenvalue weighted by atomic mass is 10.2. The van der Waals surface area contributed by atoms with E-state index in [0.29, 0.717) is 34.4 Å². The van der Waals surface area contributed by atoms with Crippen LogP contribution in [-0.4, -0.2) is 35.4 Å². The van der Waals surface area contributed by atoms with Crippen LogP contribution in [0.5, 0.6) is 11.6 Å². The van der Waals surface area contributed by atoms with E-state index in [0.717, 1.165) is 11.5 Å². The Balaban J connectivity index is 1.42. The van der Waals surface area contributed by atoms with E-state index in [4.69, 9.17) is 4.74 Å². The zero-order chi connectivity index (χ0) is 21.3.